The number of ether oxygens (including phenoxy) is 1. The molecule has 0 bridgehead atoms. The van der Waals surface area contributed by atoms with Gasteiger partial charge in [-0.3, -0.25) is 4.79 Å². The molecule has 0 aliphatic carbocycles. The molecule has 0 saturated heterocycles. The lowest BCUT2D eigenvalue weighted by atomic mass is 10.0. The normalized spacial score (nSPS) is 15.8. The van der Waals surface area contributed by atoms with Crippen LogP contribution in [0.1, 0.15) is 33.6 Å². The SMILES string of the molecule is CC(C)=O.CCCC(=O)OC[C@@H](O)[C@@H](O)[C@H](O)[C@@H](O)C=O. The van der Waals surface area contributed by atoms with Crippen LogP contribution in [0.3, 0.4) is 0 Å². The summed E-state index contributed by atoms with van der Waals surface area (Å²) >= 11 is 0. The summed E-state index contributed by atoms with van der Waals surface area (Å²) in [5, 5.41) is 36.8. The Morgan fingerprint density at radius 1 is 1.10 bits per heavy atom. The molecule has 0 unspecified atom stereocenters. The number of hydrogen-bond acceptors (Lipinski definition) is 8. The first-order chi connectivity index (χ1) is 9.67. The van der Waals surface area contributed by atoms with Gasteiger partial charge < -0.3 is 34.8 Å². The zero-order chi connectivity index (χ0) is 17.0. The van der Waals surface area contributed by atoms with E-state index >= 15 is 0 Å². The lowest BCUT2D eigenvalue weighted by molar-refractivity contribution is -0.156. The van der Waals surface area contributed by atoms with Crippen LogP contribution in [-0.2, 0) is 19.1 Å². The number of ketones is 1. The van der Waals surface area contributed by atoms with E-state index in [2.05, 4.69) is 4.74 Å². The van der Waals surface area contributed by atoms with Gasteiger partial charge in [-0.15, -0.1) is 0 Å². The first-order valence-corrected chi connectivity index (χ1v) is 6.47. The topological polar surface area (TPSA) is 141 Å². The number of Topliss-reactive ketones (excluding diaryl/α,β-unsaturated/α-hetero) is 1. The summed E-state index contributed by atoms with van der Waals surface area (Å²) in [5.74, 6) is -0.371. The van der Waals surface area contributed by atoms with Gasteiger partial charge in [0.1, 0.15) is 36.8 Å². The van der Waals surface area contributed by atoms with Crippen molar-refractivity contribution in [3.8, 4) is 0 Å². The van der Waals surface area contributed by atoms with Crippen molar-refractivity contribution in [1.82, 2.24) is 0 Å². The maximum absolute atomic E-state index is 10.9. The molecule has 0 fully saturated rings. The average Bonchev–Trinajstić information content (AvgIpc) is 2.41. The second-order valence-electron chi connectivity index (χ2n) is 4.52. The molecule has 8 nitrogen and oxygen atoms in total. The van der Waals surface area contributed by atoms with Gasteiger partial charge in [0.25, 0.3) is 0 Å². The van der Waals surface area contributed by atoms with Gasteiger partial charge in [0.2, 0.25) is 0 Å². The molecule has 0 saturated carbocycles. The largest absolute Gasteiger partial charge is 0.463 e. The zero-order valence-corrected chi connectivity index (χ0v) is 12.4. The minimum atomic E-state index is -1.83. The molecule has 0 rings (SSSR count). The Morgan fingerprint density at radius 3 is 1.95 bits per heavy atom. The molecule has 0 radical (unpaired) electrons. The molecular weight excluding hydrogens is 284 g/mol. The molecule has 124 valence electrons. The number of carbonyl (C=O) groups excluding carboxylic acids is 3. The molecule has 4 N–H and O–H groups in total. The Bertz CT molecular complexity index is 313. The maximum atomic E-state index is 10.9. The second-order valence-corrected chi connectivity index (χ2v) is 4.52. The minimum Gasteiger partial charge on any atom is -0.463 e. The summed E-state index contributed by atoms with van der Waals surface area (Å²) in [7, 11) is 0. The molecule has 0 aliphatic heterocycles. The van der Waals surface area contributed by atoms with Crippen molar-refractivity contribution in [1.29, 1.82) is 0 Å². The highest BCUT2D eigenvalue weighted by atomic mass is 16.5. The lowest BCUT2D eigenvalue weighted by Gasteiger charge is -2.23. The summed E-state index contributed by atoms with van der Waals surface area (Å²) in [4.78, 5) is 30.5. The van der Waals surface area contributed by atoms with E-state index in [1.807, 2.05) is 0 Å². The third-order valence-corrected chi connectivity index (χ3v) is 2.10. The Balaban J connectivity index is 0. The van der Waals surface area contributed by atoms with Crippen LogP contribution >= 0.6 is 0 Å². The van der Waals surface area contributed by atoms with E-state index in [1.165, 1.54) is 13.8 Å². The molecule has 8 heteroatoms. The fourth-order valence-electron chi connectivity index (χ4n) is 1.06. The van der Waals surface area contributed by atoms with E-state index in [-0.39, 0.29) is 18.5 Å². The Hall–Kier alpha value is -1.35. The van der Waals surface area contributed by atoms with E-state index in [0.29, 0.717) is 6.42 Å². The van der Waals surface area contributed by atoms with E-state index in [9.17, 15) is 29.7 Å². The number of rotatable bonds is 8. The van der Waals surface area contributed by atoms with Crippen molar-refractivity contribution in [3.05, 3.63) is 0 Å². The highest BCUT2D eigenvalue weighted by molar-refractivity contribution is 5.72. The van der Waals surface area contributed by atoms with Crippen molar-refractivity contribution in [2.75, 3.05) is 6.61 Å². The van der Waals surface area contributed by atoms with Gasteiger partial charge in [-0.2, -0.15) is 0 Å². The summed E-state index contributed by atoms with van der Waals surface area (Å²) in [6.07, 6.45) is -6.17. The van der Waals surface area contributed by atoms with Crippen molar-refractivity contribution < 1.29 is 39.5 Å². The van der Waals surface area contributed by atoms with Gasteiger partial charge >= 0.3 is 5.97 Å². The fourth-order valence-corrected chi connectivity index (χ4v) is 1.06. The average molecular weight is 308 g/mol. The number of aliphatic hydroxyl groups is 4. The van der Waals surface area contributed by atoms with Gasteiger partial charge in [0.05, 0.1) is 0 Å². The van der Waals surface area contributed by atoms with Crippen molar-refractivity contribution in [2.45, 2.75) is 58.0 Å². The van der Waals surface area contributed by atoms with Gasteiger partial charge in [0.15, 0.2) is 6.29 Å². The van der Waals surface area contributed by atoms with Gasteiger partial charge in [-0.1, -0.05) is 6.92 Å². The van der Waals surface area contributed by atoms with E-state index in [1.54, 1.807) is 6.92 Å². The maximum Gasteiger partial charge on any atom is 0.305 e. The van der Waals surface area contributed by atoms with Gasteiger partial charge in [-0.25, -0.2) is 0 Å². The number of aliphatic hydroxyl groups excluding tert-OH is 4. The number of carbonyl (C=O) groups is 3. The molecule has 0 aromatic heterocycles. The third-order valence-electron chi connectivity index (χ3n) is 2.10. The molecule has 0 aromatic carbocycles. The summed E-state index contributed by atoms with van der Waals surface area (Å²) in [6.45, 7) is 4.32. The van der Waals surface area contributed by atoms with Crippen LogP contribution in [0.4, 0.5) is 0 Å². The van der Waals surface area contributed by atoms with Crippen LogP contribution in [0, 0.1) is 0 Å². The smallest absolute Gasteiger partial charge is 0.305 e. The molecule has 0 aliphatic rings. The fraction of sp³-hybridized carbons (Fsp3) is 0.769. The van der Waals surface area contributed by atoms with Crippen molar-refractivity contribution in [3.63, 3.8) is 0 Å². The number of esters is 1. The van der Waals surface area contributed by atoms with Crippen molar-refractivity contribution in [2.24, 2.45) is 0 Å². The Labute approximate surface area is 123 Å². The van der Waals surface area contributed by atoms with Crippen LogP contribution in [0.25, 0.3) is 0 Å². The first-order valence-electron chi connectivity index (χ1n) is 6.47. The quantitative estimate of drug-likeness (QED) is 0.316. The van der Waals surface area contributed by atoms with E-state index < -0.39 is 37.0 Å². The highest BCUT2D eigenvalue weighted by Crippen LogP contribution is 2.05. The number of aldehydes is 1. The van der Waals surface area contributed by atoms with Crippen LogP contribution in [0.15, 0.2) is 0 Å². The summed E-state index contributed by atoms with van der Waals surface area (Å²) in [6, 6.07) is 0. The standard InChI is InChI=1S/C10H18O7.C3H6O/c1-2-3-8(14)17-5-7(13)10(16)9(15)6(12)4-11;1-3(2)4/h4,6-7,9-10,12-13,15-16H,2-3,5H2,1H3;1-2H3/t6-,7+,9+,10+;/m0./s1. The van der Waals surface area contributed by atoms with E-state index in [4.69, 9.17) is 5.11 Å². The third kappa shape index (κ3) is 12.1. The van der Waals surface area contributed by atoms with Gasteiger partial charge in [0, 0.05) is 6.42 Å². The Morgan fingerprint density at radius 2 is 1.57 bits per heavy atom. The summed E-state index contributed by atoms with van der Waals surface area (Å²) < 4.78 is 4.60. The zero-order valence-electron chi connectivity index (χ0n) is 12.4. The predicted molar refractivity (Wildman–Crippen MR) is 72.3 cm³/mol. The van der Waals surface area contributed by atoms with E-state index in [0.717, 1.165) is 0 Å². The Kier molecular flexibility index (Phi) is 12.9. The molecule has 0 spiro atoms. The molecule has 0 aromatic rings. The second kappa shape index (κ2) is 12.4. The minimum absolute atomic E-state index is 0.0314. The monoisotopic (exact) mass is 308 g/mol. The van der Waals surface area contributed by atoms with Crippen molar-refractivity contribution >= 4 is 18.0 Å². The molecule has 0 heterocycles. The molecule has 4 atom stereocenters. The first kappa shape index (κ1) is 21.9. The van der Waals surface area contributed by atoms with Crippen LogP contribution in [0.2, 0.25) is 0 Å². The van der Waals surface area contributed by atoms with Crippen LogP contribution in [-0.4, -0.2) is 69.5 Å². The predicted octanol–water partition coefficient (Wildman–Crippen LogP) is -1.43. The molecule has 0 amide bonds. The lowest BCUT2D eigenvalue weighted by Crippen LogP contribution is -2.46. The molecular formula is C13H24O8. The highest BCUT2D eigenvalue weighted by Gasteiger charge is 2.30. The van der Waals surface area contributed by atoms with Crippen LogP contribution < -0.4 is 0 Å². The van der Waals surface area contributed by atoms with Crippen LogP contribution in [0.5, 0.6) is 0 Å². The summed E-state index contributed by atoms with van der Waals surface area (Å²) in [5.41, 5.74) is 0. The number of hydrogen-bond donors (Lipinski definition) is 4. The van der Waals surface area contributed by atoms with Gasteiger partial charge in [-0.05, 0) is 20.3 Å². The molecule has 21 heavy (non-hydrogen) atoms.